The number of anilines is 4. The minimum absolute atomic E-state index is 0.0216. The van der Waals surface area contributed by atoms with E-state index in [0.717, 1.165) is 42.5 Å². The predicted molar refractivity (Wildman–Crippen MR) is 160 cm³/mol. The Labute approximate surface area is 249 Å². The normalized spacial score (nSPS) is 21.0. The SMILES string of the molecule is COc1cc(N2CC3CC2CN3C(C)C)ccc1Nc1ncc(C(F)(F)F)c(CCc2cccc3c2C(C)(C)C(=O)N3)n1. The molecule has 0 saturated carbocycles. The lowest BCUT2D eigenvalue weighted by Crippen LogP contribution is -2.48. The Morgan fingerprint density at radius 2 is 1.93 bits per heavy atom. The van der Waals surface area contributed by atoms with Crippen molar-refractivity contribution >= 4 is 28.9 Å². The molecule has 3 aliphatic rings. The Morgan fingerprint density at radius 3 is 2.60 bits per heavy atom. The van der Waals surface area contributed by atoms with Gasteiger partial charge in [0.15, 0.2) is 0 Å². The number of hydrogen-bond donors (Lipinski definition) is 2. The van der Waals surface area contributed by atoms with Crippen molar-refractivity contribution < 1.29 is 22.7 Å². The number of carbonyl (C=O) groups is 1. The van der Waals surface area contributed by atoms with E-state index in [1.165, 1.54) is 0 Å². The van der Waals surface area contributed by atoms with Gasteiger partial charge in [0.1, 0.15) is 5.75 Å². The van der Waals surface area contributed by atoms with E-state index in [9.17, 15) is 18.0 Å². The summed E-state index contributed by atoms with van der Waals surface area (Å²) in [5.41, 5.74) is 2.18. The monoisotopic (exact) mass is 594 g/mol. The molecule has 2 N–H and O–H groups in total. The first-order chi connectivity index (χ1) is 20.4. The van der Waals surface area contributed by atoms with Gasteiger partial charge in [-0.1, -0.05) is 12.1 Å². The lowest BCUT2D eigenvalue weighted by Gasteiger charge is -2.37. The fourth-order valence-electron chi connectivity index (χ4n) is 6.93. The van der Waals surface area contributed by atoms with E-state index < -0.39 is 17.2 Å². The first kappa shape index (κ1) is 29.2. The lowest BCUT2D eigenvalue weighted by molar-refractivity contribution is -0.138. The maximum atomic E-state index is 14.0. The summed E-state index contributed by atoms with van der Waals surface area (Å²) in [6.07, 6.45) is -2.34. The van der Waals surface area contributed by atoms with E-state index in [1.54, 1.807) is 13.2 Å². The average molecular weight is 595 g/mol. The molecule has 4 heterocycles. The minimum atomic E-state index is -4.61. The van der Waals surface area contributed by atoms with Crippen LogP contribution in [-0.2, 0) is 29.2 Å². The van der Waals surface area contributed by atoms with Gasteiger partial charge in [-0.2, -0.15) is 13.2 Å². The summed E-state index contributed by atoms with van der Waals surface area (Å²) in [5, 5.41) is 5.95. The maximum absolute atomic E-state index is 14.0. The van der Waals surface area contributed by atoms with Crippen LogP contribution in [0.2, 0.25) is 0 Å². The second kappa shape index (κ2) is 10.7. The van der Waals surface area contributed by atoms with Gasteiger partial charge in [-0.25, -0.2) is 9.97 Å². The van der Waals surface area contributed by atoms with Gasteiger partial charge in [0.25, 0.3) is 0 Å². The number of alkyl halides is 3. The third kappa shape index (κ3) is 5.28. The zero-order valence-corrected chi connectivity index (χ0v) is 25.0. The zero-order chi connectivity index (χ0) is 30.7. The Kier molecular flexibility index (Phi) is 7.27. The van der Waals surface area contributed by atoms with Crippen molar-refractivity contribution in [1.29, 1.82) is 0 Å². The van der Waals surface area contributed by atoms with Crippen molar-refractivity contribution in [2.75, 3.05) is 35.7 Å². The van der Waals surface area contributed by atoms with Crippen LogP contribution >= 0.6 is 0 Å². The quantitative estimate of drug-likeness (QED) is 0.334. The van der Waals surface area contributed by atoms with E-state index >= 15 is 0 Å². The van der Waals surface area contributed by atoms with E-state index in [2.05, 4.69) is 44.2 Å². The molecule has 2 atom stereocenters. The molecule has 2 bridgehead atoms. The molecule has 0 aliphatic carbocycles. The smallest absolute Gasteiger partial charge is 0.419 e. The number of nitrogens with zero attached hydrogens (tertiary/aromatic N) is 4. The summed E-state index contributed by atoms with van der Waals surface area (Å²) in [4.78, 5) is 25.8. The van der Waals surface area contributed by atoms with Crippen LogP contribution in [0.1, 0.15) is 56.5 Å². The van der Waals surface area contributed by atoms with Gasteiger partial charge in [0.2, 0.25) is 11.9 Å². The summed E-state index contributed by atoms with van der Waals surface area (Å²) < 4.78 is 47.6. The number of amides is 1. The minimum Gasteiger partial charge on any atom is -0.494 e. The van der Waals surface area contributed by atoms with E-state index in [0.29, 0.717) is 35.2 Å². The molecule has 11 heteroatoms. The molecular weight excluding hydrogens is 557 g/mol. The highest BCUT2D eigenvalue weighted by atomic mass is 19.4. The second-order valence-electron chi connectivity index (χ2n) is 12.5. The molecule has 43 heavy (non-hydrogen) atoms. The van der Waals surface area contributed by atoms with Gasteiger partial charge < -0.3 is 20.3 Å². The summed E-state index contributed by atoms with van der Waals surface area (Å²) in [6.45, 7) is 10.1. The number of hydrogen-bond acceptors (Lipinski definition) is 7. The topological polar surface area (TPSA) is 82.6 Å². The van der Waals surface area contributed by atoms with Gasteiger partial charge in [-0.05, 0) is 76.3 Å². The molecule has 6 rings (SSSR count). The van der Waals surface area contributed by atoms with Crippen LogP contribution in [0.15, 0.2) is 42.6 Å². The number of ether oxygens (including phenoxy) is 1. The number of aromatic nitrogens is 2. The van der Waals surface area contributed by atoms with Crippen molar-refractivity contribution in [1.82, 2.24) is 14.9 Å². The van der Waals surface area contributed by atoms with Crippen molar-refractivity contribution in [3.8, 4) is 5.75 Å². The molecule has 2 unspecified atom stereocenters. The molecule has 2 saturated heterocycles. The number of benzene rings is 2. The van der Waals surface area contributed by atoms with Crippen LogP contribution in [0.5, 0.6) is 5.75 Å². The third-order valence-corrected chi connectivity index (χ3v) is 9.11. The average Bonchev–Trinajstić information content (AvgIpc) is 3.63. The maximum Gasteiger partial charge on any atom is 0.419 e. The number of methoxy groups -OCH3 is 1. The number of piperazine rings is 1. The van der Waals surface area contributed by atoms with Gasteiger partial charge in [0.05, 0.1) is 29.5 Å². The largest absolute Gasteiger partial charge is 0.494 e. The highest BCUT2D eigenvalue weighted by Crippen LogP contribution is 2.41. The number of carbonyl (C=O) groups excluding carboxylic acids is 1. The number of nitrogens with one attached hydrogen (secondary N) is 2. The van der Waals surface area contributed by atoms with Gasteiger partial charge in [-0.15, -0.1) is 0 Å². The van der Waals surface area contributed by atoms with Crippen LogP contribution in [-0.4, -0.2) is 59.1 Å². The number of rotatable bonds is 8. The van der Waals surface area contributed by atoms with Crippen LogP contribution in [0.4, 0.5) is 36.2 Å². The van der Waals surface area contributed by atoms with Gasteiger partial charge in [-0.3, -0.25) is 9.69 Å². The highest BCUT2D eigenvalue weighted by Gasteiger charge is 2.44. The molecule has 228 valence electrons. The number of halogens is 3. The number of likely N-dealkylation sites (tertiary alicyclic amines) is 1. The van der Waals surface area contributed by atoms with Crippen LogP contribution in [0.3, 0.4) is 0 Å². The molecular formula is C32H37F3N6O2. The molecule has 8 nitrogen and oxygen atoms in total. The second-order valence-corrected chi connectivity index (χ2v) is 12.5. The van der Waals surface area contributed by atoms with Gasteiger partial charge >= 0.3 is 6.18 Å². The van der Waals surface area contributed by atoms with E-state index in [4.69, 9.17) is 4.74 Å². The molecule has 1 amide bonds. The first-order valence-electron chi connectivity index (χ1n) is 14.7. The molecule has 0 spiro atoms. The fraction of sp³-hybridized carbons (Fsp3) is 0.469. The van der Waals surface area contributed by atoms with Crippen molar-refractivity contribution in [3.05, 3.63) is 65.0 Å². The van der Waals surface area contributed by atoms with Crippen molar-refractivity contribution in [2.45, 2.75) is 76.7 Å². The Morgan fingerprint density at radius 1 is 1.14 bits per heavy atom. The summed E-state index contributed by atoms with van der Waals surface area (Å²) in [6, 6.07) is 12.8. The Balaban J connectivity index is 1.23. The first-order valence-corrected chi connectivity index (χ1v) is 14.7. The Bertz CT molecular complexity index is 1560. The molecule has 3 aliphatic heterocycles. The van der Waals surface area contributed by atoms with Gasteiger partial charge in [0, 0.05) is 54.9 Å². The third-order valence-electron chi connectivity index (χ3n) is 9.11. The number of fused-ring (bicyclic) bond motifs is 3. The zero-order valence-electron chi connectivity index (χ0n) is 25.0. The fourth-order valence-corrected chi connectivity index (χ4v) is 6.93. The lowest BCUT2D eigenvalue weighted by atomic mass is 9.82. The van der Waals surface area contributed by atoms with Crippen LogP contribution in [0, 0.1) is 0 Å². The molecule has 1 aromatic heterocycles. The van der Waals surface area contributed by atoms with Crippen molar-refractivity contribution in [2.24, 2.45) is 0 Å². The van der Waals surface area contributed by atoms with E-state index in [1.807, 2.05) is 44.2 Å². The molecule has 0 radical (unpaired) electrons. The Hall–Kier alpha value is -3.86. The predicted octanol–water partition coefficient (Wildman–Crippen LogP) is 5.93. The number of aryl methyl sites for hydroxylation is 2. The molecule has 2 fully saturated rings. The van der Waals surface area contributed by atoms with Crippen LogP contribution < -0.4 is 20.3 Å². The summed E-state index contributed by atoms with van der Waals surface area (Å²) in [5.74, 6) is 0.483. The highest BCUT2D eigenvalue weighted by molar-refractivity contribution is 6.06. The standard InChI is InChI=1S/C32H37F3N6O2/c1-18(2)40-16-22-13-21(40)17-41(22)20-10-12-25(27(14-20)43-5)39-30-36-15-23(32(33,34)35)24(38-30)11-9-19-7-6-8-26-28(19)31(3,4)29(42)37-26/h6-8,10,12,14-15,18,21-22H,9,11,13,16-17H2,1-5H3,(H,37,42)(H,36,38,39). The van der Waals surface area contributed by atoms with Crippen LogP contribution in [0.25, 0.3) is 0 Å². The van der Waals surface area contributed by atoms with Crippen molar-refractivity contribution in [3.63, 3.8) is 0 Å². The summed E-state index contributed by atoms with van der Waals surface area (Å²) >= 11 is 0. The van der Waals surface area contributed by atoms with E-state index in [-0.39, 0.29) is 30.4 Å². The molecule has 3 aromatic rings. The molecule has 2 aromatic carbocycles. The summed E-state index contributed by atoms with van der Waals surface area (Å²) in [7, 11) is 1.57.